The molecular weight excluding hydrogens is 214 g/mol. The average molecular weight is 225 g/mol. The monoisotopic (exact) mass is 225 g/mol. The molecule has 1 N–H and O–H groups in total. The first-order chi connectivity index (χ1) is 7.04. The maximum atomic E-state index is 10.9. The first kappa shape index (κ1) is 11.7. The molecular formula is C10H11NO3S. The molecule has 0 saturated carbocycles. The van der Waals surface area contributed by atoms with Gasteiger partial charge in [0, 0.05) is 10.1 Å². The highest BCUT2D eigenvalue weighted by atomic mass is 32.2. The first-order valence-corrected chi connectivity index (χ1v) is 5.30. The molecule has 5 heteroatoms. The van der Waals surface area contributed by atoms with E-state index in [1.165, 1.54) is 23.9 Å². The van der Waals surface area contributed by atoms with Gasteiger partial charge in [0.1, 0.15) is 5.69 Å². The number of thioether (sulfide) groups is 1. The lowest BCUT2D eigenvalue weighted by Crippen LogP contribution is -2.00. The Bertz CT molecular complexity index is 390. The molecule has 1 aromatic rings. The third kappa shape index (κ3) is 3.06. The van der Waals surface area contributed by atoms with Gasteiger partial charge in [-0.2, -0.15) is 0 Å². The molecule has 0 radical (unpaired) electrons. The molecule has 0 atom stereocenters. The maximum Gasteiger partial charge on any atom is 0.336 e. The lowest BCUT2D eigenvalue weighted by molar-refractivity contribution is 0.0693. The van der Waals surface area contributed by atoms with Gasteiger partial charge in [-0.1, -0.05) is 13.8 Å². The second kappa shape index (κ2) is 4.93. The van der Waals surface area contributed by atoms with Crippen LogP contribution in [0.25, 0.3) is 0 Å². The Morgan fingerprint density at radius 2 is 2.13 bits per heavy atom. The number of aromatic carboxylic acids is 1. The first-order valence-electron chi connectivity index (χ1n) is 4.42. The van der Waals surface area contributed by atoms with Crippen LogP contribution in [0.15, 0.2) is 28.3 Å². The van der Waals surface area contributed by atoms with Crippen molar-refractivity contribution in [1.82, 2.24) is 0 Å². The Morgan fingerprint density at radius 1 is 1.47 bits per heavy atom. The van der Waals surface area contributed by atoms with Crippen molar-refractivity contribution in [2.24, 2.45) is 5.18 Å². The summed E-state index contributed by atoms with van der Waals surface area (Å²) in [4.78, 5) is 21.8. The quantitative estimate of drug-likeness (QED) is 0.630. The number of benzene rings is 1. The zero-order valence-electron chi connectivity index (χ0n) is 8.43. The van der Waals surface area contributed by atoms with E-state index in [0.29, 0.717) is 4.90 Å². The lowest BCUT2D eigenvalue weighted by Gasteiger charge is -2.08. The Morgan fingerprint density at radius 3 is 2.60 bits per heavy atom. The fourth-order valence-electron chi connectivity index (χ4n) is 1.10. The van der Waals surface area contributed by atoms with Crippen molar-refractivity contribution in [1.29, 1.82) is 0 Å². The van der Waals surface area contributed by atoms with Gasteiger partial charge in [0.25, 0.3) is 0 Å². The molecule has 0 spiro atoms. The van der Waals surface area contributed by atoms with E-state index in [1.54, 1.807) is 6.07 Å². The average Bonchev–Trinajstić information content (AvgIpc) is 2.17. The second-order valence-corrected chi connectivity index (χ2v) is 4.86. The molecule has 0 bridgehead atoms. The maximum absolute atomic E-state index is 10.9. The number of rotatable bonds is 4. The van der Waals surface area contributed by atoms with Crippen LogP contribution < -0.4 is 0 Å². The highest BCUT2D eigenvalue weighted by Crippen LogP contribution is 2.29. The molecule has 80 valence electrons. The van der Waals surface area contributed by atoms with E-state index in [-0.39, 0.29) is 16.5 Å². The van der Waals surface area contributed by atoms with E-state index in [1.807, 2.05) is 13.8 Å². The van der Waals surface area contributed by atoms with Gasteiger partial charge in [0.2, 0.25) is 0 Å². The Balaban J connectivity index is 3.14. The van der Waals surface area contributed by atoms with Crippen LogP contribution >= 0.6 is 11.8 Å². The van der Waals surface area contributed by atoms with E-state index >= 15 is 0 Å². The Hall–Kier alpha value is -1.36. The molecule has 1 rings (SSSR count). The minimum Gasteiger partial charge on any atom is -0.478 e. The summed E-state index contributed by atoms with van der Waals surface area (Å²) in [7, 11) is 0. The molecule has 4 nitrogen and oxygen atoms in total. The van der Waals surface area contributed by atoms with E-state index in [0.717, 1.165) is 0 Å². The van der Waals surface area contributed by atoms with Gasteiger partial charge >= 0.3 is 5.97 Å². The number of carboxylic acid groups (broad SMARTS) is 1. The molecule has 0 amide bonds. The van der Waals surface area contributed by atoms with Gasteiger partial charge in [-0.15, -0.1) is 16.7 Å². The third-order valence-electron chi connectivity index (χ3n) is 1.66. The summed E-state index contributed by atoms with van der Waals surface area (Å²) in [6.45, 7) is 3.95. The summed E-state index contributed by atoms with van der Waals surface area (Å²) in [6.07, 6.45) is 0. The van der Waals surface area contributed by atoms with Crippen LogP contribution in [0.4, 0.5) is 5.69 Å². The van der Waals surface area contributed by atoms with Gasteiger partial charge in [0.15, 0.2) is 0 Å². The normalized spacial score (nSPS) is 10.3. The Labute approximate surface area is 91.7 Å². The van der Waals surface area contributed by atoms with E-state index in [2.05, 4.69) is 5.18 Å². The summed E-state index contributed by atoms with van der Waals surface area (Å²) in [5.41, 5.74) is 0.270. The van der Waals surface area contributed by atoms with Crippen LogP contribution in [0, 0.1) is 4.91 Å². The fourth-order valence-corrected chi connectivity index (χ4v) is 2.03. The lowest BCUT2D eigenvalue weighted by atomic mass is 10.2. The molecule has 0 unspecified atom stereocenters. The minimum atomic E-state index is -1.04. The zero-order valence-corrected chi connectivity index (χ0v) is 9.25. The van der Waals surface area contributed by atoms with Crippen molar-refractivity contribution in [3.63, 3.8) is 0 Å². The smallest absolute Gasteiger partial charge is 0.336 e. The Kier molecular flexibility index (Phi) is 3.85. The van der Waals surface area contributed by atoms with Crippen LogP contribution in [0.5, 0.6) is 0 Å². The number of carboxylic acids is 1. The third-order valence-corrected chi connectivity index (χ3v) is 2.74. The number of carbonyl (C=O) groups is 1. The van der Waals surface area contributed by atoms with Crippen molar-refractivity contribution < 1.29 is 9.90 Å². The molecule has 0 aliphatic carbocycles. The van der Waals surface area contributed by atoms with Crippen LogP contribution in [0.1, 0.15) is 24.2 Å². The zero-order chi connectivity index (χ0) is 11.4. The fraction of sp³-hybridized carbons (Fsp3) is 0.300. The van der Waals surface area contributed by atoms with Gasteiger partial charge in [-0.25, -0.2) is 4.79 Å². The summed E-state index contributed by atoms with van der Waals surface area (Å²) in [6, 6.07) is 4.43. The molecule has 15 heavy (non-hydrogen) atoms. The van der Waals surface area contributed by atoms with Crippen LogP contribution in [-0.2, 0) is 0 Å². The van der Waals surface area contributed by atoms with Crippen molar-refractivity contribution in [2.75, 3.05) is 0 Å². The summed E-state index contributed by atoms with van der Waals surface area (Å²) in [5.74, 6) is -1.04. The van der Waals surface area contributed by atoms with Crippen LogP contribution in [0.2, 0.25) is 0 Å². The van der Waals surface area contributed by atoms with Gasteiger partial charge in [-0.3, -0.25) is 0 Å². The molecule has 0 aliphatic heterocycles. The summed E-state index contributed by atoms with van der Waals surface area (Å²) in [5, 5.41) is 11.9. The molecule has 0 aromatic heterocycles. The molecule has 1 aromatic carbocycles. The van der Waals surface area contributed by atoms with Crippen molar-refractivity contribution in [3.8, 4) is 0 Å². The van der Waals surface area contributed by atoms with E-state index < -0.39 is 5.97 Å². The molecule has 0 fully saturated rings. The van der Waals surface area contributed by atoms with Crippen LogP contribution in [0.3, 0.4) is 0 Å². The summed E-state index contributed by atoms with van der Waals surface area (Å²) >= 11 is 1.45. The van der Waals surface area contributed by atoms with E-state index in [9.17, 15) is 9.70 Å². The number of nitrogens with zero attached hydrogens (tertiary/aromatic N) is 1. The van der Waals surface area contributed by atoms with Crippen LogP contribution in [-0.4, -0.2) is 16.3 Å². The van der Waals surface area contributed by atoms with Crippen molar-refractivity contribution in [3.05, 3.63) is 28.7 Å². The topological polar surface area (TPSA) is 66.7 Å². The summed E-state index contributed by atoms with van der Waals surface area (Å²) < 4.78 is 0. The highest BCUT2D eigenvalue weighted by molar-refractivity contribution is 8.00. The van der Waals surface area contributed by atoms with Gasteiger partial charge in [-0.05, 0) is 23.4 Å². The largest absolute Gasteiger partial charge is 0.478 e. The highest BCUT2D eigenvalue weighted by Gasteiger charge is 2.12. The SMILES string of the molecule is CC(C)Sc1ccc(N=O)cc1C(=O)O. The van der Waals surface area contributed by atoms with Gasteiger partial charge < -0.3 is 5.11 Å². The number of hydrogen-bond acceptors (Lipinski definition) is 4. The van der Waals surface area contributed by atoms with E-state index in [4.69, 9.17) is 5.11 Å². The number of nitroso groups, excluding NO2 is 1. The second-order valence-electron chi connectivity index (χ2n) is 3.24. The van der Waals surface area contributed by atoms with Crippen molar-refractivity contribution in [2.45, 2.75) is 24.0 Å². The molecule has 0 saturated heterocycles. The molecule has 0 aliphatic rings. The molecule has 0 heterocycles. The number of hydrogen-bond donors (Lipinski definition) is 1. The predicted molar refractivity (Wildman–Crippen MR) is 59.8 cm³/mol. The van der Waals surface area contributed by atoms with Crippen molar-refractivity contribution >= 4 is 23.4 Å². The van der Waals surface area contributed by atoms with Gasteiger partial charge in [0.05, 0.1) is 5.56 Å². The standard InChI is InChI=1S/C10H11NO3S/c1-6(2)15-9-4-3-7(11-14)5-8(9)10(12)13/h3-6H,1-2H3,(H,12,13). The predicted octanol–water partition coefficient (Wildman–Crippen LogP) is 3.28. The minimum absolute atomic E-state index is 0.130.